The summed E-state index contributed by atoms with van der Waals surface area (Å²) in [5.41, 5.74) is 3.04. The van der Waals surface area contributed by atoms with Gasteiger partial charge in [-0.3, -0.25) is 9.97 Å². The van der Waals surface area contributed by atoms with Gasteiger partial charge in [0.2, 0.25) is 0 Å². The molecule has 94 valence electrons. The second-order valence-corrected chi connectivity index (χ2v) is 4.83. The average Bonchev–Trinajstić information content (AvgIpc) is 2.46. The van der Waals surface area contributed by atoms with Crippen LogP contribution in [-0.2, 0) is 0 Å². The standard InChI is InChI=1S/C14H18N4/c1-2-13-14(17-8-7-16-13)9-12(1)18-10-11-3-5-15-6-4-11/h1-2,7-9,11,15,18H,3-6,10H2. The summed E-state index contributed by atoms with van der Waals surface area (Å²) >= 11 is 0. The minimum atomic E-state index is 0.781. The molecule has 2 aromatic rings. The Balaban J connectivity index is 1.66. The molecule has 18 heavy (non-hydrogen) atoms. The molecule has 1 aromatic carbocycles. The third kappa shape index (κ3) is 2.59. The second kappa shape index (κ2) is 5.31. The highest BCUT2D eigenvalue weighted by molar-refractivity contribution is 5.78. The van der Waals surface area contributed by atoms with Crippen LogP contribution in [0.25, 0.3) is 11.0 Å². The maximum Gasteiger partial charge on any atom is 0.0907 e. The number of nitrogens with one attached hydrogen (secondary N) is 2. The summed E-state index contributed by atoms with van der Waals surface area (Å²) in [5, 5.41) is 6.90. The van der Waals surface area contributed by atoms with Crippen LogP contribution in [0.2, 0.25) is 0 Å². The Morgan fingerprint density at radius 2 is 1.89 bits per heavy atom. The first kappa shape index (κ1) is 11.4. The van der Waals surface area contributed by atoms with Crippen molar-refractivity contribution in [2.75, 3.05) is 25.0 Å². The summed E-state index contributed by atoms with van der Waals surface area (Å²) in [6, 6.07) is 6.18. The topological polar surface area (TPSA) is 49.8 Å². The molecule has 0 amide bonds. The number of hydrogen-bond acceptors (Lipinski definition) is 4. The van der Waals surface area contributed by atoms with Gasteiger partial charge < -0.3 is 10.6 Å². The Morgan fingerprint density at radius 3 is 2.72 bits per heavy atom. The predicted octanol–water partition coefficient (Wildman–Crippen LogP) is 2.04. The monoisotopic (exact) mass is 242 g/mol. The first-order valence-corrected chi connectivity index (χ1v) is 6.57. The molecule has 0 radical (unpaired) electrons. The van der Waals surface area contributed by atoms with Crippen LogP contribution in [0, 0.1) is 5.92 Å². The van der Waals surface area contributed by atoms with Crippen LogP contribution in [0.15, 0.2) is 30.6 Å². The molecular weight excluding hydrogens is 224 g/mol. The van der Waals surface area contributed by atoms with Crippen LogP contribution >= 0.6 is 0 Å². The van der Waals surface area contributed by atoms with Gasteiger partial charge in [0.25, 0.3) is 0 Å². The summed E-state index contributed by atoms with van der Waals surface area (Å²) in [5.74, 6) is 0.781. The molecule has 0 bridgehead atoms. The lowest BCUT2D eigenvalue weighted by Crippen LogP contribution is -2.31. The highest BCUT2D eigenvalue weighted by Gasteiger charge is 2.12. The fraction of sp³-hybridized carbons (Fsp3) is 0.429. The largest absolute Gasteiger partial charge is 0.385 e. The molecular formula is C14H18N4. The molecule has 1 aliphatic rings. The van der Waals surface area contributed by atoms with Crippen LogP contribution in [0.5, 0.6) is 0 Å². The van der Waals surface area contributed by atoms with Gasteiger partial charge in [-0.1, -0.05) is 0 Å². The number of anilines is 1. The van der Waals surface area contributed by atoms with E-state index in [1.165, 1.54) is 12.8 Å². The van der Waals surface area contributed by atoms with Crippen LogP contribution < -0.4 is 10.6 Å². The summed E-state index contributed by atoms with van der Waals surface area (Å²) in [6.07, 6.45) is 5.99. The molecule has 0 spiro atoms. The van der Waals surface area contributed by atoms with Crippen molar-refractivity contribution in [3.8, 4) is 0 Å². The Kier molecular flexibility index (Phi) is 3.37. The Morgan fingerprint density at radius 1 is 1.11 bits per heavy atom. The lowest BCUT2D eigenvalue weighted by Gasteiger charge is -2.23. The molecule has 4 nitrogen and oxygen atoms in total. The third-order valence-corrected chi connectivity index (χ3v) is 3.52. The van der Waals surface area contributed by atoms with E-state index in [1.54, 1.807) is 12.4 Å². The van der Waals surface area contributed by atoms with Gasteiger partial charge in [0.05, 0.1) is 11.0 Å². The van der Waals surface area contributed by atoms with Crippen LogP contribution in [0.3, 0.4) is 0 Å². The molecule has 3 rings (SSSR count). The zero-order valence-corrected chi connectivity index (χ0v) is 10.4. The zero-order chi connectivity index (χ0) is 12.2. The Labute approximate surface area is 107 Å². The van der Waals surface area contributed by atoms with E-state index < -0.39 is 0 Å². The van der Waals surface area contributed by atoms with Gasteiger partial charge in [-0.15, -0.1) is 0 Å². The molecule has 0 aliphatic carbocycles. The molecule has 2 heterocycles. The molecule has 0 saturated carbocycles. The van der Waals surface area contributed by atoms with E-state index in [1.807, 2.05) is 6.07 Å². The molecule has 1 fully saturated rings. The highest BCUT2D eigenvalue weighted by atomic mass is 14.9. The molecule has 2 N–H and O–H groups in total. The van der Waals surface area contributed by atoms with Crippen molar-refractivity contribution < 1.29 is 0 Å². The SMILES string of the molecule is c1cnc2cc(NCC3CCNCC3)ccc2n1. The maximum atomic E-state index is 4.32. The molecule has 1 aliphatic heterocycles. The van der Waals surface area contributed by atoms with E-state index in [4.69, 9.17) is 0 Å². The van der Waals surface area contributed by atoms with Gasteiger partial charge in [-0.05, 0) is 50.0 Å². The zero-order valence-electron chi connectivity index (χ0n) is 10.4. The lowest BCUT2D eigenvalue weighted by atomic mass is 9.98. The van der Waals surface area contributed by atoms with Crippen LogP contribution in [0.1, 0.15) is 12.8 Å². The van der Waals surface area contributed by atoms with E-state index >= 15 is 0 Å². The minimum Gasteiger partial charge on any atom is -0.385 e. The van der Waals surface area contributed by atoms with E-state index in [0.29, 0.717) is 0 Å². The highest BCUT2D eigenvalue weighted by Crippen LogP contribution is 2.17. The van der Waals surface area contributed by atoms with Gasteiger partial charge in [-0.25, -0.2) is 0 Å². The van der Waals surface area contributed by atoms with E-state index in [0.717, 1.165) is 42.3 Å². The fourth-order valence-electron chi connectivity index (χ4n) is 2.42. The summed E-state index contributed by atoms with van der Waals surface area (Å²) in [6.45, 7) is 3.35. The molecule has 1 saturated heterocycles. The fourth-order valence-corrected chi connectivity index (χ4v) is 2.42. The van der Waals surface area contributed by atoms with E-state index in [2.05, 4.69) is 32.7 Å². The van der Waals surface area contributed by atoms with Gasteiger partial charge in [-0.2, -0.15) is 0 Å². The normalized spacial score (nSPS) is 16.9. The first-order valence-electron chi connectivity index (χ1n) is 6.57. The number of fused-ring (bicyclic) bond motifs is 1. The second-order valence-electron chi connectivity index (χ2n) is 4.83. The smallest absolute Gasteiger partial charge is 0.0907 e. The maximum absolute atomic E-state index is 4.32. The third-order valence-electron chi connectivity index (χ3n) is 3.52. The van der Waals surface area contributed by atoms with Crippen molar-refractivity contribution >= 4 is 16.7 Å². The number of nitrogens with zero attached hydrogens (tertiary/aromatic N) is 2. The predicted molar refractivity (Wildman–Crippen MR) is 73.6 cm³/mol. The van der Waals surface area contributed by atoms with Crippen molar-refractivity contribution in [3.63, 3.8) is 0 Å². The van der Waals surface area contributed by atoms with Crippen molar-refractivity contribution in [2.45, 2.75) is 12.8 Å². The average molecular weight is 242 g/mol. The minimum absolute atomic E-state index is 0.781. The van der Waals surface area contributed by atoms with E-state index in [-0.39, 0.29) is 0 Å². The quantitative estimate of drug-likeness (QED) is 0.865. The number of rotatable bonds is 3. The number of hydrogen-bond donors (Lipinski definition) is 2. The van der Waals surface area contributed by atoms with Gasteiger partial charge in [0.1, 0.15) is 0 Å². The number of benzene rings is 1. The van der Waals surface area contributed by atoms with Gasteiger partial charge in [0.15, 0.2) is 0 Å². The van der Waals surface area contributed by atoms with Crippen LogP contribution in [-0.4, -0.2) is 29.6 Å². The van der Waals surface area contributed by atoms with Gasteiger partial charge in [0, 0.05) is 24.6 Å². The molecule has 4 heteroatoms. The Hall–Kier alpha value is -1.68. The summed E-state index contributed by atoms with van der Waals surface area (Å²) in [4.78, 5) is 8.60. The number of piperidine rings is 1. The van der Waals surface area contributed by atoms with Crippen LogP contribution in [0.4, 0.5) is 5.69 Å². The Bertz CT molecular complexity index is 520. The van der Waals surface area contributed by atoms with Crippen molar-refractivity contribution in [1.29, 1.82) is 0 Å². The first-order chi connectivity index (χ1) is 8.92. The van der Waals surface area contributed by atoms with E-state index in [9.17, 15) is 0 Å². The van der Waals surface area contributed by atoms with Crippen molar-refractivity contribution in [3.05, 3.63) is 30.6 Å². The lowest BCUT2D eigenvalue weighted by molar-refractivity contribution is 0.390. The van der Waals surface area contributed by atoms with Gasteiger partial charge >= 0.3 is 0 Å². The summed E-state index contributed by atoms with van der Waals surface area (Å²) < 4.78 is 0. The summed E-state index contributed by atoms with van der Waals surface area (Å²) in [7, 11) is 0. The van der Waals surface area contributed by atoms with Crippen molar-refractivity contribution in [2.24, 2.45) is 5.92 Å². The number of aromatic nitrogens is 2. The molecule has 1 aromatic heterocycles. The molecule has 0 atom stereocenters. The molecule has 0 unspecified atom stereocenters. The van der Waals surface area contributed by atoms with Crippen molar-refractivity contribution in [1.82, 2.24) is 15.3 Å².